The van der Waals surface area contributed by atoms with Gasteiger partial charge in [0, 0.05) is 29.2 Å². The normalized spacial score (nSPS) is 12.8. The number of likely N-dealkylation sites (N-methyl/N-ethyl adjacent to an activating group) is 1. The van der Waals surface area contributed by atoms with Crippen molar-refractivity contribution in [1.82, 2.24) is 9.88 Å². The van der Waals surface area contributed by atoms with Crippen molar-refractivity contribution in [3.63, 3.8) is 0 Å². The van der Waals surface area contributed by atoms with Gasteiger partial charge in [0.05, 0.1) is 22.3 Å². The summed E-state index contributed by atoms with van der Waals surface area (Å²) in [5.41, 5.74) is 1.95. The number of anilines is 1. The van der Waals surface area contributed by atoms with Crippen LogP contribution in [0.2, 0.25) is 5.02 Å². The number of nitrogens with one attached hydrogen (secondary N) is 1. The van der Waals surface area contributed by atoms with Gasteiger partial charge in [-0.15, -0.1) is 0 Å². The number of pyridine rings is 1. The van der Waals surface area contributed by atoms with Crippen molar-refractivity contribution in [1.29, 1.82) is 0 Å². The molecule has 0 spiro atoms. The monoisotopic (exact) mass is 413 g/mol. The van der Waals surface area contributed by atoms with E-state index in [0.717, 1.165) is 53.5 Å². The lowest BCUT2D eigenvalue weighted by molar-refractivity contribution is 0.199. The molecule has 4 nitrogen and oxygen atoms in total. The largest absolute Gasteiger partial charge is 0.395 e. The second kappa shape index (κ2) is 9.56. The van der Waals surface area contributed by atoms with Crippen LogP contribution < -0.4 is 5.32 Å². The maximum Gasteiger partial charge on any atom is 0.0738 e. The Labute approximate surface area is 157 Å². The highest BCUT2D eigenvalue weighted by atomic mass is 79.9. The minimum absolute atomic E-state index is 0.222. The zero-order valence-electron chi connectivity index (χ0n) is 14.2. The van der Waals surface area contributed by atoms with Crippen molar-refractivity contribution in [2.24, 2.45) is 0 Å². The first-order chi connectivity index (χ1) is 11.5. The summed E-state index contributed by atoms with van der Waals surface area (Å²) in [6.45, 7) is 7.28. The Bertz CT molecular complexity index is 668. The number of aliphatic hydroxyl groups excluding tert-OH is 1. The lowest BCUT2D eigenvalue weighted by atomic mass is 10.1. The molecule has 1 aromatic heterocycles. The number of aromatic nitrogens is 1. The second-order valence-electron chi connectivity index (χ2n) is 5.99. The quantitative estimate of drug-likeness (QED) is 0.632. The topological polar surface area (TPSA) is 48.4 Å². The van der Waals surface area contributed by atoms with E-state index in [9.17, 15) is 0 Å². The summed E-state index contributed by atoms with van der Waals surface area (Å²) in [7, 11) is 0. The summed E-state index contributed by atoms with van der Waals surface area (Å²) in [4.78, 5) is 6.70. The van der Waals surface area contributed by atoms with Gasteiger partial charge in [0.2, 0.25) is 0 Å². The van der Waals surface area contributed by atoms with Crippen LogP contribution in [0.1, 0.15) is 26.7 Å². The van der Waals surface area contributed by atoms with E-state index >= 15 is 0 Å². The molecule has 0 aliphatic rings. The van der Waals surface area contributed by atoms with E-state index in [0.29, 0.717) is 11.1 Å². The van der Waals surface area contributed by atoms with Crippen LogP contribution in [0.4, 0.5) is 5.69 Å². The van der Waals surface area contributed by atoms with E-state index < -0.39 is 0 Å². The molecule has 0 bridgehead atoms. The molecule has 2 rings (SSSR count). The first kappa shape index (κ1) is 19.4. The van der Waals surface area contributed by atoms with Crippen LogP contribution in [0, 0.1) is 0 Å². The van der Waals surface area contributed by atoms with Crippen LogP contribution in [-0.2, 0) is 0 Å². The fourth-order valence-corrected chi connectivity index (χ4v) is 3.39. The first-order valence-electron chi connectivity index (χ1n) is 8.38. The SMILES string of the molecule is CCN(CCO)CCCC(C)Nc1c(Br)cnc2cc(Cl)ccc12. The molecule has 0 amide bonds. The molecule has 0 radical (unpaired) electrons. The van der Waals surface area contributed by atoms with Crippen LogP contribution >= 0.6 is 27.5 Å². The fraction of sp³-hybridized carbons (Fsp3) is 0.500. The molecule has 6 heteroatoms. The molecule has 24 heavy (non-hydrogen) atoms. The highest BCUT2D eigenvalue weighted by Gasteiger charge is 2.11. The lowest BCUT2D eigenvalue weighted by Crippen LogP contribution is -2.28. The van der Waals surface area contributed by atoms with E-state index in [-0.39, 0.29) is 6.61 Å². The number of halogens is 2. The van der Waals surface area contributed by atoms with Gasteiger partial charge >= 0.3 is 0 Å². The molecule has 0 aliphatic heterocycles. The third kappa shape index (κ3) is 5.31. The standard InChI is InChI=1S/C18H25BrClN3O/c1-3-23(9-10-24)8-4-5-13(2)22-18-15-7-6-14(20)11-17(15)21-12-16(18)19/h6-7,11-13,24H,3-5,8-10H2,1-2H3,(H,21,22). The number of rotatable bonds is 9. The Hall–Kier alpha value is -0.880. The zero-order valence-corrected chi connectivity index (χ0v) is 16.6. The summed E-state index contributed by atoms with van der Waals surface area (Å²) in [6.07, 6.45) is 3.97. The van der Waals surface area contributed by atoms with E-state index in [1.54, 1.807) is 0 Å². The molecule has 0 fully saturated rings. The lowest BCUT2D eigenvalue weighted by Gasteiger charge is -2.22. The van der Waals surface area contributed by atoms with Gasteiger partial charge in [-0.05, 0) is 67.0 Å². The van der Waals surface area contributed by atoms with E-state index in [1.807, 2.05) is 24.4 Å². The minimum atomic E-state index is 0.222. The number of benzene rings is 1. The molecule has 1 unspecified atom stereocenters. The maximum absolute atomic E-state index is 9.05. The van der Waals surface area contributed by atoms with Crippen LogP contribution in [0.25, 0.3) is 10.9 Å². The van der Waals surface area contributed by atoms with E-state index in [1.165, 1.54) is 0 Å². The van der Waals surface area contributed by atoms with Crippen molar-refractivity contribution in [2.45, 2.75) is 32.7 Å². The Morgan fingerprint density at radius 2 is 2.17 bits per heavy atom. The molecule has 1 aromatic carbocycles. The van der Waals surface area contributed by atoms with Crippen molar-refractivity contribution in [2.75, 3.05) is 31.6 Å². The smallest absolute Gasteiger partial charge is 0.0738 e. The van der Waals surface area contributed by atoms with E-state index in [2.05, 4.69) is 45.0 Å². The minimum Gasteiger partial charge on any atom is -0.395 e. The van der Waals surface area contributed by atoms with Gasteiger partial charge in [-0.1, -0.05) is 18.5 Å². The molecule has 132 valence electrons. The van der Waals surface area contributed by atoms with Crippen LogP contribution in [0.5, 0.6) is 0 Å². The van der Waals surface area contributed by atoms with Crippen LogP contribution in [0.15, 0.2) is 28.9 Å². The summed E-state index contributed by atoms with van der Waals surface area (Å²) in [6, 6.07) is 6.12. The van der Waals surface area contributed by atoms with Gasteiger partial charge < -0.3 is 15.3 Å². The molecular formula is C18H25BrClN3O. The molecule has 0 saturated carbocycles. The summed E-state index contributed by atoms with van der Waals surface area (Å²) in [5, 5.41) is 14.4. The fourth-order valence-electron chi connectivity index (χ4n) is 2.80. The average molecular weight is 415 g/mol. The predicted molar refractivity (Wildman–Crippen MR) is 106 cm³/mol. The summed E-state index contributed by atoms with van der Waals surface area (Å²) < 4.78 is 0.958. The van der Waals surface area contributed by atoms with Gasteiger partial charge in [0.25, 0.3) is 0 Å². The number of nitrogens with zero attached hydrogens (tertiary/aromatic N) is 2. The highest BCUT2D eigenvalue weighted by Crippen LogP contribution is 2.32. The number of hydrogen-bond acceptors (Lipinski definition) is 4. The zero-order chi connectivity index (χ0) is 17.5. The Balaban J connectivity index is 2.00. The molecule has 2 aromatic rings. The van der Waals surface area contributed by atoms with Crippen molar-refractivity contribution < 1.29 is 5.11 Å². The van der Waals surface area contributed by atoms with Crippen molar-refractivity contribution in [3.05, 3.63) is 33.9 Å². The highest BCUT2D eigenvalue weighted by molar-refractivity contribution is 9.10. The maximum atomic E-state index is 9.05. The van der Waals surface area contributed by atoms with Gasteiger partial charge in [-0.2, -0.15) is 0 Å². The molecule has 1 heterocycles. The Kier molecular flexibility index (Phi) is 7.75. The number of hydrogen-bond donors (Lipinski definition) is 2. The third-order valence-corrected chi connectivity index (χ3v) is 4.99. The third-order valence-electron chi connectivity index (χ3n) is 4.15. The van der Waals surface area contributed by atoms with Gasteiger partial charge in [0.15, 0.2) is 0 Å². The van der Waals surface area contributed by atoms with Crippen LogP contribution in [0.3, 0.4) is 0 Å². The summed E-state index contributed by atoms with van der Waals surface area (Å²) >= 11 is 9.65. The number of fused-ring (bicyclic) bond motifs is 1. The Morgan fingerprint density at radius 1 is 1.38 bits per heavy atom. The average Bonchev–Trinajstić information content (AvgIpc) is 2.56. The van der Waals surface area contributed by atoms with Crippen LogP contribution in [-0.4, -0.2) is 47.3 Å². The molecule has 0 saturated heterocycles. The first-order valence-corrected chi connectivity index (χ1v) is 9.55. The molecule has 2 N–H and O–H groups in total. The van der Waals surface area contributed by atoms with Crippen molar-refractivity contribution >= 4 is 44.1 Å². The molecular weight excluding hydrogens is 390 g/mol. The van der Waals surface area contributed by atoms with Gasteiger partial charge in [0.1, 0.15) is 0 Å². The van der Waals surface area contributed by atoms with Gasteiger partial charge in [-0.25, -0.2) is 0 Å². The number of aliphatic hydroxyl groups is 1. The Morgan fingerprint density at radius 3 is 2.88 bits per heavy atom. The van der Waals surface area contributed by atoms with E-state index in [4.69, 9.17) is 16.7 Å². The molecule has 0 aliphatic carbocycles. The molecule has 1 atom stereocenters. The summed E-state index contributed by atoms with van der Waals surface area (Å²) in [5.74, 6) is 0. The van der Waals surface area contributed by atoms with Gasteiger partial charge in [-0.3, -0.25) is 4.98 Å². The predicted octanol–water partition coefficient (Wildman–Crippen LogP) is 4.55. The van der Waals surface area contributed by atoms with Crippen molar-refractivity contribution in [3.8, 4) is 0 Å². The second-order valence-corrected chi connectivity index (χ2v) is 7.28.